The van der Waals surface area contributed by atoms with E-state index in [0.29, 0.717) is 18.6 Å². The summed E-state index contributed by atoms with van der Waals surface area (Å²) < 4.78 is 10.7. The van der Waals surface area contributed by atoms with Gasteiger partial charge in [0, 0.05) is 25.1 Å². The molecule has 2 aliphatic rings. The van der Waals surface area contributed by atoms with Crippen LogP contribution in [-0.4, -0.2) is 43.7 Å². The van der Waals surface area contributed by atoms with E-state index in [1.165, 1.54) is 0 Å². The van der Waals surface area contributed by atoms with Crippen molar-refractivity contribution in [1.29, 1.82) is 0 Å². The lowest BCUT2D eigenvalue weighted by atomic mass is 9.79. The number of ether oxygens (including phenoxy) is 2. The molecule has 3 rings (SSSR count). The zero-order chi connectivity index (χ0) is 13.1. The Hall–Kier alpha value is -1.39. The highest BCUT2D eigenvalue weighted by atomic mass is 16.5. The lowest BCUT2D eigenvalue weighted by Crippen LogP contribution is -2.58. The van der Waals surface area contributed by atoms with E-state index < -0.39 is 0 Å². The van der Waals surface area contributed by atoms with E-state index in [4.69, 9.17) is 9.47 Å². The Balaban J connectivity index is 1.38. The molecule has 0 N–H and O–H groups in total. The van der Waals surface area contributed by atoms with Crippen molar-refractivity contribution in [2.24, 2.45) is 5.41 Å². The molecule has 0 unspecified atom stereocenters. The van der Waals surface area contributed by atoms with Crippen molar-refractivity contribution in [3.63, 3.8) is 0 Å². The minimum Gasteiger partial charge on any atom is -0.460 e. The summed E-state index contributed by atoms with van der Waals surface area (Å²) in [4.78, 5) is 13.9. The van der Waals surface area contributed by atoms with E-state index in [-0.39, 0.29) is 5.97 Å². The molecular formula is C15H19NO3. The van der Waals surface area contributed by atoms with Crippen LogP contribution in [0.15, 0.2) is 30.3 Å². The van der Waals surface area contributed by atoms with Gasteiger partial charge in [-0.2, -0.15) is 0 Å². The van der Waals surface area contributed by atoms with Crippen molar-refractivity contribution in [1.82, 2.24) is 4.90 Å². The molecule has 2 heterocycles. The second-order valence-electron chi connectivity index (χ2n) is 5.59. The maximum atomic E-state index is 11.7. The van der Waals surface area contributed by atoms with Crippen molar-refractivity contribution in [3.05, 3.63) is 35.9 Å². The average molecular weight is 261 g/mol. The third kappa shape index (κ3) is 2.96. The Labute approximate surface area is 113 Å². The molecule has 2 aliphatic heterocycles. The van der Waals surface area contributed by atoms with Gasteiger partial charge >= 0.3 is 5.97 Å². The molecule has 2 saturated heterocycles. The van der Waals surface area contributed by atoms with Crippen molar-refractivity contribution < 1.29 is 14.3 Å². The fourth-order valence-corrected chi connectivity index (χ4v) is 2.88. The van der Waals surface area contributed by atoms with Gasteiger partial charge in [-0.1, -0.05) is 30.3 Å². The van der Waals surface area contributed by atoms with Gasteiger partial charge in [-0.15, -0.1) is 0 Å². The Morgan fingerprint density at radius 1 is 1.32 bits per heavy atom. The minimum atomic E-state index is -0.141. The van der Waals surface area contributed by atoms with Gasteiger partial charge in [0.25, 0.3) is 0 Å². The largest absolute Gasteiger partial charge is 0.460 e. The monoisotopic (exact) mass is 261 g/mol. The number of likely N-dealkylation sites (tertiary alicyclic amines) is 1. The van der Waals surface area contributed by atoms with E-state index in [0.717, 1.165) is 38.3 Å². The molecule has 2 fully saturated rings. The highest BCUT2D eigenvalue weighted by Gasteiger charge is 2.46. The van der Waals surface area contributed by atoms with E-state index in [1.807, 2.05) is 30.3 Å². The van der Waals surface area contributed by atoms with E-state index in [1.54, 1.807) is 0 Å². The maximum Gasteiger partial charge on any atom is 0.320 e. The van der Waals surface area contributed by atoms with E-state index in [2.05, 4.69) is 4.90 Å². The number of hydrogen-bond acceptors (Lipinski definition) is 4. The minimum absolute atomic E-state index is 0.141. The highest BCUT2D eigenvalue weighted by molar-refractivity contribution is 5.71. The third-order valence-corrected chi connectivity index (χ3v) is 3.90. The molecule has 102 valence electrons. The topological polar surface area (TPSA) is 38.8 Å². The SMILES string of the molecule is O=C(CN1CC2(CCOC2)C1)OCc1ccccc1. The second kappa shape index (κ2) is 5.31. The molecule has 1 aromatic carbocycles. The lowest BCUT2D eigenvalue weighted by molar-refractivity contribution is -0.149. The molecule has 0 aliphatic carbocycles. The molecule has 1 aromatic rings. The summed E-state index contributed by atoms with van der Waals surface area (Å²) in [5.74, 6) is -0.141. The van der Waals surface area contributed by atoms with Crippen LogP contribution in [0.1, 0.15) is 12.0 Å². The van der Waals surface area contributed by atoms with Crippen molar-refractivity contribution in [2.75, 3.05) is 32.8 Å². The molecule has 1 spiro atoms. The van der Waals surface area contributed by atoms with Crippen molar-refractivity contribution in [2.45, 2.75) is 13.0 Å². The quantitative estimate of drug-likeness (QED) is 0.769. The summed E-state index contributed by atoms with van der Waals surface area (Å²) >= 11 is 0. The zero-order valence-corrected chi connectivity index (χ0v) is 11.0. The summed E-state index contributed by atoms with van der Waals surface area (Å²) in [6, 6.07) is 9.77. The molecule has 0 atom stereocenters. The first-order valence-corrected chi connectivity index (χ1v) is 6.75. The molecule has 4 heteroatoms. The van der Waals surface area contributed by atoms with Crippen LogP contribution in [0.2, 0.25) is 0 Å². The predicted octanol–water partition coefficient (Wildman–Crippen LogP) is 1.45. The second-order valence-corrected chi connectivity index (χ2v) is 5.59. The van der Waals surface area contributed by atoms with Gasteiger partial charge in [0.15, 0.2) is 0 Å². The molecule has 0 saturated carbocycles. The molecule has 19 heavy (non-hydrogen) atoms. The van der Waals surface area contributed by atoms with Crippen molar-refractivity contribution in [3.8, 4) is 0 Å². The number of esters is 1. The van der Waals surface area contributed by atoms with Gasteiger partial charge in [0.05, 0.1) is 13.2 Å². The number of nitrogens with zero attached hydrogens (tertiary/aromatic N) is 1. The van der Waals surface area contributed by atoms with E-state index in [9.17, 15) is 4.79 Å². The van der Waals surface area contributed by atoms with Crippen molar-refractivity contribution >= 4 is 5.97 Å². The van der Waals surface area contributed by atoms with E-state index >= 15 is 0 Å². The summed E-state index contributed by atoms with van der Waals surface area (Å²) in [6.07, 6.45) is 1.13. The zero-order valence-electron chi connectivity index (χ0n) is 11.0. The summed E-state index contributed by atoms with van der Waals surface area (Å²) in [5.41, 5.74) is 1.36. The normalized spacial score (nSPS) is 21.3. The third-order valence-electron chi connectivity index (χ3n) is 3.90. The lowest BCUT2D eigenvalue weighted by Gasteiger charge is -2.46. The van der Waals surface area contributed by atoms with Crippen LogP contribution in [0, 0.1) is 5.41 Å². The van der Waals surface area contributed by atoms with Crippen LogP contribution in [-0.2, 0) is 20.9 Å². The smallest absolute Gasteiger partial charge is 0.320 e. The number of benzene rings is 1. The van der Waals surface area contributed by atoms with Gasteiger partial charge in [-0.3, -0.25) is 9.69 Å². The number of hydrogen-bond donors (Lipinski definition) is 0. The molecule has 0 radical (unpaired) electrons. The van der Waals surface area contributed by atoms with Gasteiger partial charge in [-0.25, -0.2) is 0 Å². The molecule has 0 aromatic heterocycles. The van der Waals surface area contributed by atoms with Gasteiger partial charge in [0.1, 0.15) is 6.61 Å². The average Bonchev–Trinajstić information content (AvgIpc) is 2.87. The van der Waals surface area contributed by atoms with Gasteiger partial charge in [0.2, 0.25) is 0 Å². The van der Waals surface area contributed by atoms with Crippen LogP contribution in [0.4, 0.5) is 0 Å². The standard InChI is InChI=1S/C15H19NO3/c17-14(19-9-13-4-2-1-3-5-13)8-16-10-15(11-16)6-7-18-12-15/h1-5H,6-12H2. The molecule has 0 amide bonds. The summed E-state index contributed by atoms with van der Waals surface area (Å²) in [7, 11) is 0. The number of carbonyl (C=O) groups is 1. The molecular weight excluding hydrogens is 242 g/mol. The van der Waals surface area contributed by atoms with Crippen LogP contribution in [0.25, 0.3) is 0 Å². The maximum absolute atomic E-state index is 11.7. The fraction of sp³-hybridized carbons (Fsp3) is 0.533. The Morgan fingerprint density at radius 2 is 2.11 bits per heavy atom. The van der Waals surface area contributed by atoms with Crippen LogP contribution < -0.4 is 0 Å². The first-order valence-electron chi connectivity index (χ1n) is 6.75. The number of carbonyl (C=O) groups excluding carboxylic acids is 1. The Bertz CT molecular complexity index is 432. The highest BCUT2D eigenvalue weighted by Crippen LogP contribution is 2.37. The Morgan fingerprint density at radius 3 is 2.79 bits per heavy atom. The van der Waals surface area contributed by atoms with Crippen LogP contribution in [0.5, 0.6) is 0 Å². The van der Waals surface area contributed by atoms with Gasteiger partial charge < -0.3 is 9.47 Å². The Kier molecular flexibility index (Phi) is 3.53. The number of rotatable bonds is 4. The van der Waals surface area contributed by atoms with Crippen LogP contribution in [0.3, 0.4) is 0 Å². The molecule has 4 nitrogen and oxygen atoms in total. The fourth-order valence-electron chi connectivity index (χ4n) is 2.88. The summed E-state index contributed by atoms with van der Waals surface area (Å²) in [6.45, 7) is 4.41. The van der Waals surface area contributed by atoms with Crippen LogP contribution >= 0.6 is 0 Å². The summed E-state index contributed by atoms with van der Waals surface area (Å²) in [5, 5.41) is 0. The molecule has 0 bridgehead atoms. The predicted molar refractivity (Wildman–Crippen MR) is 70.5 cm³/mol. The first-order chi connectivity index (χ1) is 9.26. The van der Waals surface area contributed by atoms with Gasteiger partial charge in [-0.05, 0) is 12.0 Å². The first kappa shape index (κ1) is 12.6.